The average Bonchev–Trinajstić information content (AvgIpc) is 2.92. The Kier molecular flexibility index (Phi) is 5.28. The van der Waals surface area contributed by atoms with Crippen molar-refractivity contribution in [1.82, 2.24) is 19.5 Å². The van der Waals surface area contributed by atoms with Gasteiger partial charge in [-0.3, -0.25) is 9.36 Å². The molecule has 2 saturated heterocycles. The Morgan fingerprint density at radius 1 is 1.09 bits per heavy atom. The van der Waals surface area contributed by atoms with Crippen LogP contribution < -0.4 is 24.7 Å². The zero-order valence-corrected chi connectivity index (χ0v) is 20.0. The minimum atomic E-state index is -0.239. The van der Waals surface area contributed by atoms with Crippen molar-refractivity contribution in [2.24, 2.45) is 0 Å². The molecule has 35 heavy (non-hydrogen) atoms. The quantitative estimate of drug-likeness (QED) is 0.528. The molecule has 3 aromatic heterocycles. The SMILES string of the molecule is COc1ccc2ncc(=O)n(CCC34CCC(N(C)c5cc6c(cn5)OCCO6)(CC3)CO4)c2n1. The van der Waals surface area contributed by atoms with Crippen LogP contribution in [0.15, 0.2) is 35.4 Å². The molecular weight excluding hydrogens is 450 g/mol. The predicted molar refractivity (Wildman–Crippen MR) is 128 cm³/mol. The van der Waals surface area contributed by atoms with Crippen LogP contribution in [0, 0.1) is 0 Å². The van der Waals surface area contributed by atoms with Crippen LogP contribution in [-0.2, 0) is 11.3 Å². The Hall–Kier alpha value is -3.40. The molecule has 1 aliphatic carbocycles. The molecule has 0 amide bonds. The van der Waals surface area contributed by atoms with Gasteiger partial charge in [-0.15, -0.1) is 0 Å². The van der Waals surface area contributed by atoms with Gasteiger partial charge in [0.05, 0.1) is 37.3 Å². The molecular formula is C25H29N5O5. The number of aryl methyl sites for hydroxylation is 1. The van der Waals surface area contributed by atoms with Gasteiger partial charge in [0, 0.05) is 25.7 Å². The van der Waals surface area contributed by atoms with E-state index in [1.165, 1.54) is 6.20 Å². The number of nitrogens with zero attached hydrogens (tertiary/aromatic N) is 5. The van der Waals surface area contributed by atoms with Gasteiger partial charge in [0.1, 0.15) is 24.5 Å². The highest BCUT2D eigenvalue weighted by molar-refractivity contribution is 5.70. The zero-order chi connectivity index (χ0) is 24.0. The summed E-state index contributed by atoms with van der Waals surface area (Å²) in [7, 11) is 3.65. The van der Waals surface area contributed by atoms with Crippen molar-refractivity contribution in [3.05, 3.63) is 40.9 Å². The summed E-state index contributed by atoms with van der Waals surface area (Å²) in [5, 5.41) is 0. The minimum Gasteiger partial charge on any atom is -0.486 e. The number of likely N-dealkylation sites (N-methyl/N-ethyl adjacent to an activating group) is 1. The molecule has 3 fully saturated rings. The van der Waals surface area contributed by atoms with Crippen LogP contribution in [0.1, 0.15) is 32.1 Å². The first-order valence-electron chi connectivity index (χ1n) is 12.1. The molecule has 184 valence electrons. The van der Waals surface area contributed by atoms with Crippen LogP contribution >= 0.6 is 0 Å². The van der Waals surface area contributed by atoms with E-state index in [0.29, 0.717) is 49.2 Å². The van der Waals surface area contributed by atoms with Crippen molar-refractivity contribution in [3.8, 4) is 17.4 Å². The van der Waals surface area contributed by atoms with Gasteiger partial charge in [-0.2, -0.15) is 4.98 Å². The molecule has 0 spiro atoms. The zero-order valence-electron chi connectivity index (χ0n) is 20.0. The van der Waals surface area contributed by atoms with Crippen LogP contribution in [0.4, 0.5) is 5.82 Å². The average molecular weight is 480 g/mol. The Morgan fingerprint density at radius 3 is 2.63 bits per heavy atom. The topological polar surface area (TPSA) is 101 Å². The van der Waals surface area contributed by atoms with Gasteiger partial charge < -0.3 is 23.8 Å². The fourth-order valence-corrected chi connectivity index (χ4v) is 5.53. The van der Waals surface area contributed by atoms with E-state index in [-0.39, 0.29) is 16.7 Å². The van der Waals surface area contributed by atoms with Gasteiger partial charge in [0.15, 0.2) is 17.1 Å². The molecule has 10 heteroatoms. The van der Waals surface area contributed by atoms with E-state index in [0.717, 1.165) is 43.7 Å². The summed E-state index contributed by atoms with van der Waals surface area (Å²) in [6, 6.07) is 5.53. The smallest absolute Gasteiger partial charge is 0.270 e. The lowest BCUT2D eigenvalue weighted by molar-refractivity contribution is -0.158. The number of anilines is 1. The van der Waals surface area contributed by atoms with Crippen molar-refractivity contribution in [2.75, 3.05) is 38.9 Å². The molecule has 4 aliphatic rings. The summed E-state index contributed by atoms with van der Waals surface area (Å²) in [4.78, 5) is 28.2. The maximum atomic E-state index is 12.7. The van der Waals surface area contributed by atoms with E-state index in [2.05, 4.69) is 26.9 Å². The van der Waals surface area contributed by atoms with Crippen molar-refractivity contribution < 1.29 is 18.9 Å². The van der Waals surface area contributed by atoms with E-state index in [1.54, 1.807) is 23.9 Å². The molecule has 3 aromatic rings. The number of aromatic nitrogens is 4. The van der Waals surface area contributed by atoms with E-state index < -0.39 is 0 Å². The highest BCUT2D eigenvalue weighted by Gasteiger charge is 2.52. The molecule has 10 nitrogen and oxygen atoms in total. The highest BCUT2D eigenvalue weighted by Crippen LogP contribution is 2.49. The van der Waals surface area contributed by atoms with Crippen LogP contribution in [0.2, 0.25) is 0 Å². The third kappa shape index (κ3) is 3.76. The maximum Gasteiger partial charge on any atom is 0.270 e. The van der Waals surface area contributed by atoms with Crippen LogP contribution in [-0.4, -0.2) is 64.6 Å². The number of fused-ring (bicyclic) bond motifs is 5. The molecule has 7 rings (SSSR count). The van der Waals surface area contributed by atoms with Crippen molar-refractivity contribution in [2.45, 2.75) is 49.8 Å². The van der Waals surface area contributed by atoms with Crippen LogP contribution in [0.25, 0.3) is 11.2 Å². The van der Waals surface area contributed by atoms with E-state index >= 15 is 0 Å². The lowest BCUT2D eigenvalue weighted by atomic mass is 9.69. The van der Waals surface area contributed by atoms with Gasteiger partial charge >= 0.3 is 0 Å². The molecule has 3 aliphatic heterocycles. The maximum absolute atomic E-state index is 12.7. The monoisotopic (exact) mass is 479 g/mol. The first kappa shape index (κ1) is 22.1. The largest absolute Gasteiger partial charge is 0.486 e. The molecule has 0 N–H and O–H groups in total. The van der Waals surface area contributed by atoms with Crippen LogP contribution in [0.5, 0.6) is 17.4 Å². The number of hydrogen-bond donors (Lipinski definition) is 0. The van der Waals surface area contributed by atoms with Gasteiger partial charge in [-0.25, -0.2) is 9.97 Å². The number of hydrogen-bond acceptors (Lipinski definition) is 9. The van der Waals surface area contributed by atoms with Crippen molar-refractivity contribution in [3.63, 3.8) is 0 Å². The summed E-state index contributed by atoms with van der Waals surface area (Å²) in [6.45, 7) is 2.24. The highest BCUT2D eigenvalue weighted by atomic mass is 16.6. The Balaban J connectivity index is 1.18. The normalized spacial score (nSPS) is 25.0. The van der Waals surface area contributed by atoms with E-state index in [9.17, 15) is 4.79 Å². The summed E-state index contributed by atoms with van der Waals surface area (Å²) in [5.74, 6) is 2.76. The third-order valence-corrected chi connectivity index (χ3v) is 7.87. The molecule has 0 aromatic carbocycles. The molecule has 0 radical (unpaired) electrons. The second-order valence-corrected chi connectivity index (χ2v) is 9.64. The lowest BCUT2D eigenvalue weighted by Crippen LogP contribution is -2.62. The van der Waals surface area contributed by atoms with E-state index in [1.807, 2.05) is 12.1 Å². The van der Waals surface area contributed by atoms with E-state index in [4.69, 9.17) is 18.9 Å². The minimum absolute atomic E-state index is 0.104. The first-order valence-corrected chi connectivity index (χ1v) is 12.1. The molecule has 6 heterocycles. The third-order valence-electron chi connectivity index (χ3n) is 7.87. The lowest BCUT2D eigenvalue weighted by Gasteiger charge is -2.56. The van der Waals surface area contributed by atoms with Gasteiger partial charge in [-0.1, -0.05) is 0 Å². The standard InChI is InChI=1S/C25H29N5O5/c1-29(20-13-18-19(14-27-20)34-12-11-33-18)24-5-7-25(8-6-24,35-16-24)9-10-30-22(31)15-26-17-3-4-21(32-2)28-23(17)30/h3-4,13-15H,5-12,16H2,1-2H3. The Labute approximate surface area is 202 Å². The molecule has 0 atom stereocenters. The number of pyridine rings is 2. The number of methoxy groups -OCH3 is 1. The number of ether oxygens (including phenoxy) is 4. The second kappa shape index (κ2) is 8.37. The van der Waals surface area contributed by atoms with Gasteiger partial charge in [0.25, 0.3) is 5.56 Å². The van der Waals surface area contributed by atoms with Gasteiger partial charge in [0.2, 0.25) is 5.88 Å². The Morgan fingerprint density at radius 2 is 1.89 bits per heavy atom. The van der Waals surface area contributed by atoms with Crippen molar-refractivity contribution >= 4 is 17.0 Å². The van der Waals surface area contributed by atoms with Crippen LogP contribution in [0.3, 0.4) is 0 Å². The first-order chi connectivity index (χ1) is 17.0. The molecule has 1 saturated carbocycles. The predicted octanol–water partition coefficient (Wildman–Crippen LogP) is 2.57. The molecule has 2 bridgehead atoms. The second-order valence-electron chi connectivity index (χ2n) is 9.64. The number of rotatable bonds is 6. The summed E-state index contributed by atoms with van der Waals surface area (Å²) < 4.78 is 24.9. The molecule has 0 unspecified atom stereocenters. The summed E-state index contributed by atoms with van der Waals surface area (Å²) in [5.41, 5.74) is 0.701. The fourth-order valence-electron chi connectivity index (χ4n) is 5.53. The van der Waals surface area contributed by atoms with Crippen molar-refractivity contribution in [1.29, 1.82) is 0 Å². The summed E-state index contributed by atoms with van der Waals surface area (Å²) >= 11 is 0. The fraction of sp³-hybridized carbons (Fsp3) is 0.520. The van der Waals surface area contributed by atoms with Gasteiger partial charge in [-0.05, 0) is 38.2 Å². The summed E-state index contributed by atoms with van der Waals surface area (Å²) in [6.07, 6.45) is 7.69. The Bertz CT molecular complexity index is 1300.